The minimum Gasteiger partial charge on any atom is -0.207 e. The lowest BCUT2D eigenvalue weighted by molar-refractivity contribution is -0.0328. The Bertz CT molecular complexity index is 333. The Morgan fingerprint density at radius 1 is 1.27 bits per heavy atom. The molecule has 0 aromatic heterocycles. The van der Waals surface area contributed by atoms with Gasteiger partial charge in [0.1, 0.15) is 5.82 Å². The lowest BCUT2D eigenvalue weighted by Gasteiger charge is -2.10. The Morgan fingerprint density at radius 2 is 1.93 bits per heavy atom. The summed E-state index contributed by atoms with van der Waals surface area (Å²) >= 11 is -0.191. The van der Waals surface area contributed by atoms with Gasteiger partial charge in [0.15, 0.2) is 0 Å². The van der Waals surface area contributed by atoms with Crippen LogP contribution in [-0.4, -0.2) is 5.51 Å². The van der Waals surface area contributed by atoms with Gasteiger partial charge < -0.3 is 0 Å². The van der Waals surface area contributed by atoms with Crippen molar-refractivity contribution in [3.05, 3.63) is 29.6 Å². The molecule has 0 amide bonds. The van der Waals surface area contributed by atoms with Crippen LogP contribution < -0.4 is 0 Å². The highest BCUT2D eigenvalue weighted by Crippen LogP contribution is 2.38. The van der Waals surface area contributed by atoms with Gasteiger partial charge in [0.2, 0.25) is 0 Å². The van der Waals surface area contributed by atoms with E-state index in [1.807, 2.05) is 6.92 Å². The topological polar surface area (TPSA) is 0 Å². The van der Waals surface area contributed by atoms with E-state index in [0.29, 0.717) is 18.4 Å². The standard InChI is InChI=1S/C10H10F4S/c1-2-3-7-6-8(11)4-5-9(7)15-10(12,13)14/h4-6H,2-3H2,1H3. The average molecular weight is 238 g/mol. The summed E-state index contributed by atoms with van der Waals surface area (Å²) in [6.07, 6.45) is 1.14. The third-order valence-corrected chi connectivity index (χ3v) is 2.62. The molecule has 0 aliphatic carbocycles. The zero-order valence-corrected chi connectivity index (χ0v) is 8.88. The van der Waals surface area contributed by atoms with Crippen LogP contribution in [-0.2, 0) is 6.42 Å². The molecule has 1 aromatic rings. The van der Waals surface area contributed by atoms with Gasteiger partial charge in [-0.1, -0.05) is 13.3 Å². The second-order valence-electron chi connectivity index (χ2n) is 3.05. The normalized spacial score (nSPS) is 11.8. The summed E-state index contributed by atoms with van der Waals surface area (Å²) in [5.74, 6) is -0.495. The third-order valence-electron chi connectivity index (χ3n) is 1.77. The summed E-state index contributed by atoms with van der Waals surface area (Å²) < 4.78 is 49.2. The molecule has 0 N–H and O–H groups in total. The van der Waals surface area contributed by atoms with Gasteiger partial charge in [-0.15, -0.1) is 0 Å². The molecule has 0 aliphatic heterocycles. The SMILES string of the molecule is CCCc1cc(F)ccc1SC(F)(F)F. The number of hydrogen-bond acceptors (Lipinski definition) is 1. The van der Waals surface area contributed by atoms with Gasteiger partial charge in [0.05, 0.1) is 0 Å². The predicted molar refractivity (Wildman–Crippen MR) is 52.3 cm³/mol. The molecule has 1 aromatic carbocycles. The molecule has 0 fully saturated rings. The Hall–Kier alpha value is -0.710. The maximum absolute atomic E-state index is 12.8. The van der Waals surface area contributed by atoms with Crippen molar-refractivity contribution >= 4 is 11.8 Å². The molecule has 0 saturated heterocycles. The first-order chi connectivity index (χ1) is 6.92. The summed E-state index contributed by atoms with van der Waals surface area (Å²) in [5.41, 5.74) is -3.90. The van der Waals surface area contributed by atoms with Crippen molar-refractivity contribution in [3.8, 4) is 0 Å². The van der Waals surface area contributed by atoms with Crippen molar-refractivity contribution in [2.45, 2.75) is 30.2 Å². The van der Waals surface area contributed by atoms with E-state index in [-0.39, 0.29) is 16.7 Å². The van der Waals surface area contributed by atoms with E-state index in [2.05, 4.69) is 0 Å². The fraction of sp³-hybridized carbons (Fsp3) is 0.400. The maximum Gasteiger partial charge on any atom is 0.446 e. The predicted octanol–water partition coefficient (Wildman–Crippen LogP) is 4.39. The second kappa shape index (κ2) is 4.88. The summed E-state index contributed by atoms with van der Waals surface area (Å²) in [6.45, 7) is 1.84. The Balaban J connectivity index is 2.95. The smallest absolute Gasteiger partial charge is 0.207 e. The zero-order chi connectivity index (χ0) is 11.5. The van der Waals surface area contributed by atoms with Crippen molar-refractivity contribution in [2.75, 3.05) is 0 Å². The summed E-state index contributed by atoms with van der Waals surface area (Å²) in [4.78, 5) is 0.0887. The highest BCUT2D eigenvalue weighted by atomic mass is 32.2. The Kier molecular flexibility index (Phi) is 4.02. The van der Waals surface area contributed by atoms with Gasteiger partial charge in [0, 0.05) is 4.90 Å². The molecular weight excluding hydrogens is 228 g/mol. The van der Waals surface area contributed by atoms with Crippen LogP contribution in [0.4, 0.5) is 17.6 Å². The molecule has 0 unspecified atom stereocenters. The van der Waals surface area contributed by atoms with E-state index in [0.717, 1.165) is 12.1 Å². The lowest BCUT2D eigenvalue weighted by atomic mass is 10.1. The van der Waals surface area contributed by atoms with Crippen LogP contribution in [0.15, 0.2) is 23.1 Å². The summed E-state index contributed by atoms with van der Waals surface area (Å²) in [7, 11) is 0. The van der Waals surface area contributed by atoms with Crippen LogP contribution in [0.2, 0.25) is 0 Å². The second-order valence-corrected chi connectivity index (χ2v) is 4.16. The van der Waals surface area contributed by atoms with Crippen LogP contribution in [0.5, 0.6) is 0 Å². The van der Waals surface area contributed by atoms with E-state index in [1.165, 1.54) is 6.07 Å². The third kappa shape index (κ3) is 4.11. The van der Waals surface area contributed by atoms with Crippen molar-refractivity contribution in [1.29, 1.82) is 0 Å². The van der Waals surface area contributed by atoms with E-state index in [4.69, 9.17) is 0 Å². The van der Waals surface area contributed by atoms with E-state index in [1.54, 1.807) is 0 Å². The highest BCUT2D eigenvalue weighted by Gasteiger charge is 2.30. The molecule has 0 heterocycles. The fourth-order valence-electron chi connectivity index (χ4n) is 1.24. The number of alkyl halides is 3. The van der Waals surface area contributed by atoms with Gasteiger partial charge >= 0.3 is 5.51 Å². The van der Waals surface area contributed by atoms with Crippen molar-refractivity contribution in [2.24, 2.45) is 0 Å². The number of rotatable bonds is 3. The quantitative estimate of drug-likeness (QED) is 0.556. The van der Waals surface area contributed by atoms with E-state index in [9.17, 15) is 17.6 Å². The number of aryl methyl sites for hydroxylation is 1. The van der Waals surface area contributed by atoms with Crippen LogP contribution in [0.3, 0.4) is 0 Å². The minimum absolute atomic E-state index is 0.0887. The summed E-state index contributed by atoms with van der Waals surface area (Å²) in [6, 6.07) is 3.39. The molecule has 84 valence electrons. The largest absolute Gasteiger partial charge is 0.446 e. The average Bonchev–Trinajstić information content (AvgIpc) is 2.08. The number of halogens is 4. The van der Waals surface area contributed by atoms with Crippen LogP contribution >= 0.6 is 11.8 Å². The van der Waals surface area contributed by atoms with Crippen molar-refractivity contribution in [3.63, 3.8) is 0 Å². The molecule has 0 radical (unpaired) electrons. The monoisotopic (exact) mass is 238 g/mol. The first-order valence-electron chi connectivity index (χ1n) is 4.46. The van der Waals surface area contributed by atoms with Crippen molar-refractivity contribution in [1.82, 2.24) is 0 Å². The molecule has 0 bridgehead atoms. The molecule has 5 heteroatoms. The first kappa shape index (κ1) is 12.4. The number of thioether (sulfide) groups is 1. The number of benzene rings is 1. The number of hydrogen-bond donors (Lipinski definition) is 0. The summed E-state index contributed by atoms with van der Waals surface area (Å²) in [5, 5.41) is 0. The lowest BCUT2D eigenvalue weighted by Crippen LogP contribution is -2.01. The molecule has 15 heavy (non-hydrogen) atoms. The fourth-order valence-corrected chi connectivity index (χ4v) is 1.91. The first-order valence-corrected chi connectivity index (χ1v) is 5.28. The molecular formula is C10H10F4S. The van der Waals surface area contributed by atoms with Crippen LogP contribution in [0, 0.1) is 5.82 Å². The van der Waals surface area contributed by atoms with Crippen LogP contribution in [0.1, 0.15) is 18.9 Å². The van der Waals surface area contributed by atoms with Gasteiger partial charge in [-0.05, 0) is 41.9 Å². The minimum atomic E-state index is -4.32. The van der Waals surface area contributed by atoms with Crippen molar-refractivity contribution < 1.29 is 17.6 Å². The Labute approximate surface area is 89.7 Å². The molecule has 0 saturated carbocycles. The molecule has 1 rings (SSSR count). The molecule has 0 atom stereocenters. The van der Waals surface area contributed by atoms with Crippen LogP contribution in [0.25, 0.3) is 0 Å². The maximum atomic E-state index is 12.8. The highest BCUT2D eigenvalue weighted by molar-refractivity contribution is 8.00. The van der Waals surface area contributed by atoms with Gasteiger partial charge in [-0.3, -0.25) is 0 Å². The van der Waals surface area contributed by atoms with E-state index >= 15 is 0 Å². The van der Waals surface area contributed by atoms with E-state index < -0.39 is 11.3 Å². The molecule has 0 aliphatic rings. The molecule has 0 nitrogen and oxygen atoms in total. The Morgan fingerprint density at radius 3 is 2.47 bits per heavy atom. The zero-order valence-electron chi connectivity index (χ0n) is 8.07. The molecule has 0 spiro atoms. The van der Waals surface area contributed by atoms with Gasteiger partial charge in [-0.25, -0.2) is 4.39 Å². The van der Waals surface area contributed by atoms with Gasteiger partial charge in [-0.2, -0.15) is 13.2 Å². The van der Waals surface area contributed by atoms with Gasteiger partial charge in [0.25, 0.3) is 0 Å².